The molecular formula is C18H25NOS. The highest BCUT2D eigenvalue weighted by molar-refractivity contribution is 7.12. The number of aryl methyl sites for hydroxylation is 2. The molecule has 0 bridgehead atoms. The van der Waals surface area contributed by atoms with Crippen molar-refractivity contribution >= 4 is 11.3 Å². The van der Waals surface area contributed by atoms with Gasteiger partial charge in [-0.1, -0.05) is 38.5 Å². The fourth-order valence-electron chi connectivity index (χ4n) is 2.34. The molecule has 0 amide bonds. The van der Waals surface area contributed by atoms with Crippen LogP contribution in [0.1, 0.15) is 47.2 Å². The van der Waals surface area contributed by atoms with Gasteiger partial charge in [0, 0.05) is 21.9 Å². The first-order valence-corrected chi connectivity index (χ1v) is 8.15. The Morgan fingerprint density at radius 1 is 1.14 bits per heavy atom. The fraction of sp³-hybridized carbons (Fsp3) is 0.444. The second kappa shape index (κ2) is 6.20. The summed E-state index contributed by atoms with van der Waals surface area (Å²) in [5.74, 6) is 0.980. The third kappa shape index (κ3) is 3.86. The smallest absolute Gasteiger partial charge is 0.123 e. The largest absolute Gasteiger partial charge is 0.489 e. The lowest BCUT2D eigenvalue weighted by atomic mass is 9.85. The van der Waals surface area contributed by atoms with Crippen LogP contribution in [0.2, 0.25) is 0 Å². The molecular weight excluding hydrogens is 278 g/mol. The van der Waals surface area contributed by atoms with Gasteiger partial charge in [0.2, 0.25) is 0 Å². The van der Waals surface area contributed by atoms with Gasteiger partial charge < -0.3 is 10.5 Å². The normalized spacial score (nSPS) is 11.7. The zero-order chi connectivity index (χ0) is 15.6. The molecule has 0 fully saturated rings. The fourth-order valence-corrected chi connectivity index (χ4v) is 3.27. The van der Waals surface area contributed by atoms with E-state index < -0.39 is 0 Å². The highest BCUT2D eigenvalue weighted by Gasteiger charge is 2.19. The number of hydrogen-bond acceptors (Lipinski definition) is 3. The topological polar surface area (TPSA) is 35.2 Å². The summed E-state index contributed by atoms with van der Waals surface area (Å²) in [6.45, 7) is 12.1. The van der Waals surface area contributed by atoms with Crippen LogP contribution in [0.25, 0.3) is 0 Å². The van der Waals surface area contributed by atoms with Crippen molar-refractivity contribution in [2.45, 2.75) is 53.2 Å². The molecule has 0 aliphatic heterocycles. The van der Waals surface area contributed by atoms with Crippen molar-refractivity contribution in [2.75, 3.05) is 0 Å². The van der Waals surface area contributed by atoms with E-state index in [9.17, 15) is 0 Å². The number of ether oxygens (including phenoxy) is 1. The van der Waals surface area contributed by atoms with Crippen LogP contribution in [0.15, 0.2) is 24.3 Å². The maximum Gasteiger partial charge on any atom is 0.123 e. The predicted molar refractivity (Wildman–Crippen MR) is 91.2 cm³/mol. The van der Waals surface area contributed by atoms with Crippen molar-refractivity contribution in [3.8, 4) is 5.75 Å². The van der Waals surface area contributed by atoms with Crippen LogP contribution >= 0.6 is 11.3 Å². The van der Waals surface area contributed by atoms with Gasteiger partial charge in [0.1, 0.15) is 12.4 Å². The minimum Gasteiger partial charge on any atom is -0.489 e. The zero-order valence-electron chi connectivity index (χ0n) is 13.6. The molecule has 0 radical (unpaired) electrons. The van der Waals surface area contributed by atoms with Gasteiger partial charge in [-0.2, -0.15) is 0 Å². The molecule has 0 unspecified atom stereocenters. The Labute approximate surface area is 132 Å². The van der Waals surface area contributed by atoms with E-state index in [1.165, 1.54) is 26.4 Å². The van der Waals surface area contributed by atoms with Crippen LogP contribution < -0.4 is 10.5 Å². The molecule has 1 aromatic heterocycles. The molecule has 0 atom stereocenters. The molecule has 2 N–H and O–H groups in total. The summed E-state index contributed by atoms with van der Waals surface area (Å²) in [7, 11) is 0. The standard InChI is InChI=1S/C18H25NOS/c1-12-6-7-17(16(8-12)18(3,4)5)20-11-14-9-15(10-19)21-13(14)2/h6-9H,10-11,19H2,1-5H3. The molecule has 21 heavy (non-hydrogen) atoms. The second-order valence-corrected chi connectivity index (χ2v) is 7.88. The second-order valence-electron chi connectivity index (χ2n) is 6.54. The monoisotopic (exact) mass is 303 g/mol. The number of thiophene rings is 1. The van der Waals surface area contributed by atoms with Gasteiger partial charge in [-0.15, -0.1) is 11.3 Å². The Morgan fingerprint density at radius 3 is 2.43 bits per heavy atom. The summed E-state index contributed by atoms with van der Waals surface area (Å²) in [5.41, 5.74) is 9.55. The maximum absolute atomic E-state index is 6.11. The van der Waals surface area contributed by atoms with E-state index in [-0.39, 0.29) is 5.41 Å². The molecule has 1 heterocycles. The van der Waals surface area contributed by atoms with E-state index in [1.807, 2.05) is 0 Å². The van der Waals surface area contributed by atoms with Gasteiger partial charge in [0.15, 0.2) is 0 Å². The van der Waals surface area contributed by atoms with Gasteiger partial charge in [-0.25, -0.2) is 0 Å². The third-order valence-electron chi connectivity index (χ3n) is 3.60. The van der Waals surface area contributed by atoms with Gasteiger partial charge in [-0.3, -0.25) is 0 Å². The lowest BCUT2D eigenvalue weighted by molar-refractivity contribution is 0.297. The van der Waals surface area contributed by atoms with Crippen molar-refractivity contribution in [3.05, 3.63) is 50.7 Å². The van der Waals surface area contributed by atoms with Gasteiger partial charge in [0.25, 0.3) is 0 Å². The highest BCUT2D eigenvalue weighted by Crippen LogP contribution is 2.33. The first kappa shape index (κ1) is 16.1. The molecule has 1 aromatic carbocycles. The van der Waals surface area contributed by atoms with Crippen LogP contribution in [0.3, 0.4) is 0 Å². The molecule has 2 aromatic rings. The summed E-state index contributed by atoms with van der Waals surface area (Å²) in [6.07, 6.45) is 0. The average molecular weight is 303 g/mol. The minimum absolute atomic E-state index is 0.0768. The number of nitrogens with two attached hydrogens (primary N) is 1. The summed E-state index contributed by atoms with van der Waals surface area (Å²) in [4.78, 5) is 2.51. The SMILES string of the molecule is Cc1ccc(OCc2cc(CN)sc2C)c(C(C)(C)C)c1. The van der Waals surface area contributed by atoms with Crippen molar-refractivity contribution in [2.24, 2.45) is 5.73 Å². The lowest BCUT2D eigenvalue weighted by Gasteiger charge is -2.23. The van der Waals surface area contributed by atoms with E-state index in [1.54, 1.807) is 11.3 Å². The first-order valence-electron chi connectivity index (χ1n) is 7.33. The molecule has 0 spiro atoms. The van der Waals surface area contributed by atoms with E-state index >= 15 is 0 Å². The summed E-state index contributed by atoms with van der Waals surface area (Å²) >= 11 is 1.76. The maximum atomic E-state index is 6.11. The van der Waals surface area contributed by atoms with E-state index in [2.05, 4.69) is 58.9 Å². The Kier molecular flexibility index (Phi) is 4.74. The average Bonchev–Trinajstić information content (AvgIpc) is 2.77. The van der Waals surface area contributed by atoms with Gasteiger partial charge in [-0.05, 0) is 37.0 Å². The van der Waals surface area contributed by atoms with Crippen LogP contribution in [0, 0.1) is 13.8 Å². The van der Waals surface area contributed by atoms with Crippen LogP contribution in [0.4, 0.5) is 0 Å². The molecule has 2 nitrogen and oxygen atoms in total. The summed E-state index contributed by atoms with van der Waals surface area (Å²) in [6, 6.07) is 8.57. The molecule has 3 heteroatoms. The predicted octanol–water partition coefficient (Wildman–Crippen LogP) is 4.70. The van der Waals surface area contributed by atoms with Crippen molar-refractivity contribution in [3.63, 3.8) is 0 Å². The molecule has 2 rings (SSSR count). The van der Waals surface area contributed by atoms with Crippen LogP contribution in [-0.4, -0.2) is 0 Å². The molecule has 114 valence electrons. The first-order chi connectivity index (χ1) is 9.81. The molecule has 0 aliphatic carbocycles. The van der Waals surface area contributed by atoms with Crippen LogP contribution in [0.5, 0.6) is 5.75 Å². The molecule has 0 saturated carbocycles. The van der Waals surface area contributed by atoms with E-state index in [0.29, 0.717) is 13.2 Å². The Morgan fingerprint density at radius 2 is 1.86 bits per heavy atom. The Hall–Kier alpha value is -1.32. The number of hydrogen-bond donors (Lipinski definition) is 1. The van der Waals surface area contributed by atoms with Gasteiger partial charge in [0.05, 0.1) is 0 Å². The molecule has 0 saturated heterocycles. The van der Waals surface area contributed by atoms with Gasteiger partial charge >= 0.3 is 0 Å². The Balaban J connectivity index is 2.22. The number of benzene rings is 1. The lowest BCUT2D eigenvalue weighted by Crippen LogP contribution is -2.13. The minimum atomic E-state index is 0.0768. The van der Waals surface area contributed by atoms with Crippen molar-refractivity contribution in [1.29, 1.82) is 0 Å². The summed E-state index contributed by atoms with van der Waals surface area (Å²) < 4.78 is 6.11. The van der Waals surface area contributed by atoms with Crippen LogP contribution in [-0.2, 0) is 18.6 Å². The number of rotatable bonds is 4. The van der Waals surface area contributed by atoms with Crippen molar-refractivity contribution in [1.82, 2.24) is 0 Å². The van der Waals surface area contributed by atoms with E-state index in [0.717, 1.165) is 5.75 Å². The van der Waals surface area contributed by atoms with Crippen molar-refractivity contribution < 1.29 is 4.74 Å². The zero-order valence-corrected chi connectivity index (χ0v) is 14.4. The molecule has 0 aliphatic rings. The summed E-state index contributed by atoms with van der Waals surface area (Å²) in [5, 5.41) is 0. The van der Waals surface area contributed by atoms with E-state index in [4.69, 9.17) is 10.5 Å². The Bertz CT molecular complexity index is 623. The quantitative estimate of drug-likeness (QED) is 0.888. The highest BCUT2D eigenvalue weighted by atomic mass is 32.1. The third-order valence-corrected chi connectivity index (χ3v) is 4.71.